The number of benzene rings is 4. The highest BCUT2D eigenvalue weighted by molar-refractivity contribution is 5.94. The van der Waals surface area contributed by atoms with Crippen LogP contribution in [-0.2, 0) is 32.0 Å². The van der Waals surface area contributed by atoms with Gasteiger partial charge in [-0.3, -0.25) is 14.4 Å². The number of fused-ring (bicyclic) bond motifs is 3. The first kappa shape index (κ1) is 32.3. The van der Waals surface area contributed by atoms with Crippen LogP contribution in [-0.4, -0.2) is 54.0 Å². The molecule has 0 aliphatic heterocycles. The molecular formula is C38H38N2O6. The molecule has 3 N–H and O–H groups in total. The molecule has 5 rings (SSSR count). The lowest BCUT2D eigenvalue weighted by Gasteiger charge is -2.23. The van der Waals surface area contributed by atoms with E-state index in [1.54, 1.807) is 0 Å². The van der Waals surface area contributed by atoms with Crippen molar-refractivity contribution < 1.29 is 29.0 Å². The Labute approximate surface area is 268 Å². The molecule has 4 aromatic rings. The van der Waals surface area contributed by atoms with Crippen molar-refractivity contribution in [3.63, 3.8) is 0 Å². The van der Waals surface area contributed by atoms with Crippen LogP contribution in [0.3, 0.4) is 0 Å². The summed E-state index contributed by atoms with van der Waals surface area (Å²) < 4.78 is 5.75. The Morgan fingerprint density at radius 1 is 0.696 bits per heavy atom. The number of nitrogens with one attached hydrogen (secondary N) is 2. The summed E-state index contributed by atoms with van der Waals surface area (Å²) >= 11 is 0. The molecule has 3 unspecified atom stereocenters. The topological polar surface area (TPSA) is 122 Å². The van der Waals surface area contributed by atoms with E-state index in [1.807, 2.05) is 97.1 Å². The zero-order valence-corrected chi connectivity index (χ0v) is 25.7. The highest BCUT2D eigenvalue weighted by atomic mass is 16.5. The average molecular weight is 619 g/mol. The van der Waals surface area contributed by atoms with E-state index in [-0.39, 0.29) is 43.4 Å². The molecule has 0 spiro atoms. The fourth-order valence-electron chi connectivity index (χ4n) is 5.98. The second-order valence-corrected chi connectivity index (χ2v) is 11.6. The van der Waals surface area contributed by atoms with Crippen LogP contribution in [0.15, 0.2) is 109 Å². The number of carbonyl (C=O) groups is 4. The van der Waals surface area contributed by atoms with Gasteiger partial charge in [0.25, 0.3) is 0 Å². The maximum Gasteiger partial charge on any atom is 0.407 e. The molecule has 46 heavy (non-hydrogen) atoms. The van der Waals surface area contributed by atoms with Crippen LogP contribution in [0.5, 0.6) is 0 Å². The molecule has 4 aromatic carbocycles. The van der Waals surface area contributed by atoms with E-state index in [9.17, 15) is 24.3 Å². The third kappa shape index (κ3) is 7.95. The molecule has 8 heteroatoms. The number of alkyl carbamates (subject to hydrolysis) is 1. The van der Waals surface area contributed by atoms with Crippen molar-refractivity contribution in [1.82, 2.24) is 10.6 Å². The number of aliphatic hydroxyl groups is 1. The maximum atomic E-state index is 13.9. The van der Waals surface area contributed by atoms with Crippen LogP contribution in [0, 0.1) is 5.92 Å². The summed E-state index contributed by atoms with van der Waals surface area (Å²) in [6, 6.07) is 32.6. The number of ether oxygens (including phenoxy) is 1. The lowest BCUT2D eigenvalue weighted by atomic mass is 9.89. The fourth-order valence-corrected chi connectivity index (χ4v) is 5.98. The molecule has 8 nitrogen and oxygen atoms in total. The lowest BCUT2D eigenvalue weighted by Crippen LogP contribution is -2.48. The molecule has 0 bridgehead atoms. The summed E-state index contributed by atoms with van der Waals surface area (Å²) in [6.07, 6.45) is -0.483. The highest BCUT2D eigenvalue weighted by Gasteiger charge is 2.32. The van der Waals surface area contributed by atoms with Gasteiger partial charge in [-0.25, -0.2) is 4.79 Å². The van der Waals surface area contributed by atoms with Crippen LogP contribution >= 0.6 is 0 Å². The van der Waals surface area contributed by atoms with Gasteiger partial charge >= 0.3 is 6.09 Å². The van der Waals surface area contributed by atoms with Gasteiger partial charge < -0.3 is 20.5 Å². The molecule has 0 aromatic heterocycles. The van der Waals surface area contributed by atoms with Crippen molar-refractivity contribution in [2.45, 2.75) is 44.2 Å². The number of rotatable bonds is 14. The summed E-state index contributed by atoms with van der Waals surface area (Å²) in [4.78, 5) is 52.5. The van der Waals surface area contributed by atoms with Crippen LogP contribution in [0.25, 0.3) is 11.1 Å². The van der Waals surface area contributed by atoms with E-state index in [1.165, 1.54) is 6.92 Å². The minimum absolute atomic E-state index is 0.0960. The average Bonchev–Trinajstić information content (AvgIpc) is 3.39. The summed E-state index contributed by atoms with van der Waals surface area (Å²) in [7, 11) is 0. The summed E-state index contributed by atoms with van der Waals surface area (Å²) in [5.74, 6) is -2.24. The minimum Gasteiger partial charge on any atom is -0.449 e. The monoisotopic (exact) mass is 618 g/mol. The fraction of sp³-hybridized carbons (Fsp3) is 0.263. The molecule has 3 atom stereocenters. The van der Waals surface area contributed by atoms with Crippen molar-refractivity contribution in [1.29, 1.82) is 0 Å². The van der Waals surface area contributed by atoms with E-state index < -0.39 is 36.6 Å². The third-order valence-electron chi connectivity index (χ3n) is 8.44. The van der Waals surface area contributed by atoms with Crippen LogP contribution < -0.4 is 10.6 Å². The third-order valence-corrected chi connectivity index (χ3v) is 8.44. The summed E-state index contributed by atoms with van der Waals surface area (Å²) in [6.45, 7) is 0.832. The predicted molar refractivity (Wildman–Crippen MR) is 175 cm³/mol. The number of aliphatic hydroxyl groups excluding tert-OH is 1. The Bertz CT molecular complexity index is 1630. The summed E-state index contributed by atoms with van der Waals surface area (Å²) in [5, 5.41) is 15.0. The maximum absolute atomic E-state index is 13.9. The first-order valence-electron chi connectivity index (χ1n) is 15.5. The van der Waals surface area contributed by atoms with Crippen LogP contribution in [0.4, 0.5) is 4.79 Å². The van der Waals surface area contributed by atoms with Crippen molar-refractivity contribution in [3.8, 4) is 11.1 Å². The predicted octanol–water partition coefficient (Wildman–Crippen LogP) is 5.02. The van der Waals surface area contributed by atoms with Crippen molar-refractivity contribution in [2.24, 2.45) is 5.92 Å². The molecule has 1 aliphatic rings. The Morgan fingerprint density at radius 3 is 1.76 bits per heavy atom. The highest BCUT2D eigenvalue weighted by Crippen LogP contribution is 2.44. The van der Waals surface area contributed by atoms with E-state index in [0.29, 0.717) is 0 Å². The van der Waals surface area contributed by atoms with Gasteiger partial charge in [-0.1, -0.05) is 109 Å². The Balaban J connectivity index is 1.32. The number of hydrogen-bond donors (Lipinski definition) is 3. The number of ketones is 2. The Morgan fingerprint density at radius 2 is 1.22 bits per heavy atom. The first-order chi connectivity index (χ1) is 22.3. The molecule has 2 amide bonds. The van der Waals surface area contributed by atoms with Gasteiger partial charge in [-0.05, 0) is 53.1 Å². The van der Waals surface area contributed by atoms with Gasteiger partial charge in [-0.2, -0.15) is 0 Å². The van der Waals surface area contributed by atoms with E-state index in [0.717, 1.165) is 33.4 Å². The smallest absolute Gasteiger partial charge is 0.407 e. The van der Waals surface area contributed by atoms with Crippen molar-refractivity contribution in [3.05, 3.63) is 131 Å². The number of carbonyl (C=O) groups excluding carboxylic acids is 4. The molecule has 0 radical (unpaired) electrons. The number of hydrogen-bond acceptors (Lipinski definition) is 6. The van der Waals surface area contributed by atoms with E-state index in [2.05, 4.69) is 22.8 Å². The normalized spacial score (nSPS) is 13.9. The van der Waals surface area contributed by atoms with Gasteiger partial charge in [0, 0.05) is 18.3 Å². The number of Topliss-reactive ketones (excluding diaryl/α,β-unsaturated/α-hetero) is 2. The largest absolute Gasteiger partial charge is 0.449 e. The van der Waals surface area contributed by atoms with Crippen LogP contribution in [0.2, 0.25) is 0 Å². The van der Waals surface area contributed by atoms with E-state index in [4.69, 9.17) is 4.74 Å². The van der Waals surface area contributed by atoms with E-state index >= 15 is 0 Å². The van der Waals surface area contributed by atoms with Gasteiger partial charge in [-0.15, -0.1) is 0 Å². The molecular weight excluding hydrogens is 580 g/mol. The van der Waals surface area contributed by atoms with Crippen molar-refractivity contribution >= 4 is 23.6 Å². The number of amides is 2. The second-order valence-electron chi connectivity index (χ2n) is 11.6. The molecule has 0 heterocycles. The zero-order valence-electron chi connectivity index (χ0n) is 25.7. The Hall–Kier alpha value is -5.08. The van der Waals surface area contributed by atoms with Gasteiger partial charge in [0.1, 0.15) is 12.6 Å². The minimum atomic E-state index is -1.07. The lowest BCUT2D eigenvalue weighted by molar-refractivity contribution is -0.133. The molecule has 0 saturated carbocycles. The second kappa shape index (κ2) is 15.3. The first-order valence-corrected chi connectivity index (χ1v) is 15.5. The molecule has 0 saturated heterocycles. The van der Waals surface area contributed by atoms with Gasteiger partial charge in [0.2, 0.25) is 5.91 Å². The molecule has 236 valence electrons. The molecule has 0 fully saturated rings. The van der Waals surface area contributed by atoms with Gasteiger partial charge in [0.05, 0.1) is 12.6 Å². The Kier molecular flexibility index (Phi) is 10.7. The van der Waals surface area contributed by atoms with Crippen LogP contribution in [0.1, 0.15) is 41.5 Å². The SMILES string of the molecule is CC(=O)C(CO)NC(=O)C(CC(=O)C(Cc1ccccc1)NC(=O)OCC1c2ccccc2-c2ccccc21)Cc1ccccc1. The van der Waals surface area contributed by atoms with Gasteiger partial charge in [0.15, 0.2) is 11.6 Å². The van der Waals surface area contributed by atoms with Crippen molar-refractivity contribution in [2.75, 3.05) is 13.2 Å². The molecule has 1 aliphatic carbocycles. The standard InChI is InChI=1S/C38H38N2O6/c1-25(42)35(23-41)39-37(44)28(20-26-12-4-2-5-13-26)22-36(43)34(21-27-14-6-3-7-15-27)40-38(45)46-24-33-31-18-10-8-16-29(31)30-17-9-11-19-32(30)33/h2-19,28,33-35,41H,20-24H2,1H3,(H,39,44)(H,40,45). The quantitative estimate of drug-likeness (QED) is 0.183. The summed E-state index contributed by atoms with van der Waals surface area (Å²) in [5.41, 5.74) is 6.05. The zero-order chi connectivity index (χ0) is 32.5.